The summed E-state index contributed by atoms with van der Waals surface area (Å²) < 4.78 is 14.0. The molecule has 0 aromatic heterocycles. The number of nitrogens with one attached hydrogen (secondary N) is 1. The summed E-state index contributed by atoms with van der Waals surface area (Å²) in [4.78, 5) is 24.7. The van der Waals surface area contributed by atoms with Gasteiger partial charge in [0.05, 0.1) is 22.9 Å². The van der Waals surface area contributed by atoms with Crippen molar-refractivity contribution < 1.29 is 24.2 Å². The van der Waals surface area contributed by atoms with Gasteiger partial charge in [0.2, 0.25) is 5.91 Å². The second kappa shape index (κ2) is 7.29. The third-order valence-corrected chi connectivity index (χ3v) is 4.88. The van der Waals surface area contributed by atoms with Crippen LogP contribution in [0.1, 0.15) is 41.4 Å². The molecule has 0 saturated heterocycles. The highest BCUT2D eigenvalue weighted by molar-refractivity contribution is 5.95. The van der Waals surface area contributed by atoms with E-state index in [1.54, 1.807) is 13.0 Å². The number of amides is 1. The number of carboxylic acid groups (broad SMARTS) is 1. The molecule has 0 unspecified atom stereocenters. The number of fused-ring (bicyclic) bond motifs is 1. The van der Waals surface area contributed by atoms with Gasteiger partial charge in [-0.2, -0.15) is 5.26 Å². The quantitative estimate of drug-likeness (QED) is 0.751. The summed E-state index contributed by atoms with van der Waals surface area (Å²) in [5, 5.41) is 31.9. The monoisotopic (exact) mass is 383 g/mol. The molecule has 3 atom stereocenters. The molecule has 0 fully saturated rings. The van der Waals surface area contributed by atoms with Gasteiger partial charge in [-0.3, -0.25) is 9.69 Å². The molecule has 28 heavy (non-hydrogen) atoms. The molecule has 0 bridgehead atoms. The standard InChI is InChI=1S/C20H18FN3O4/c1-10-18(23-14-5-3-13(9-22)16(21)8-14)15-7-12(20(27)28)4-6-17(15)24(11(2)25)19(10)26/h3-8,10,18-19,23,26H,1-2H3,(H,27,28)/t10-,18-,19+/m1/s1. The maximum absolute atomic E-state index is 14.0. The molecule has 2 aromatic rings. The van der Waals surface area contributed by atoms with Crippen molar-refractivity contribution >= 4 is 23.3 Å². The van der Waals surface area contributed by atoms with Crippen molar-refractivity contribution in [1.29, 1.82) is 5.26 Å². The Balaban J connectivity index is 2.10. The molecule has 2 aromatic carbocycles. The first kappa shape index (κ1) is 19.3. The topological polar surface area (TPSA) is 114 Å². The summed E-state index contributed by atoms with van der Waals surface area (Å²) in [5.41, 5.74) is 1.18. The van der Waals surface area contributed by atoms with E-state index in [-0.39, 0.29) is 17.0 Å². The number of carbonyl (C=O) groups is 2. The van der Waals surface area contributed by atoms with Crippen molar-refractivity contribution in [1.82, 2.24) is 0 Å². The van der Waals surface area contributed by atoms with Gasteiger partial charge in [-0.25, -0.2) is 9.18 Å². The van der Waals surface area contributed by atoms with Gasteiger partial charge >= 0.3 is 5.97 Å². The Labute approximate surface area is 160 Å². The van der Waals surface area contributed by atoms with E-state index in [9.17, 15) is 24.2 Å². The van der Waals surface area contributed by atoms with Crippen molar-refractivity contribution in [2.75, 3.05) is 10.2 Å². The number of aliphatic hydroxyl groups is 1. The second-order valence-corrected chi connectivity index (χ2v) is 6.67. The van der Waals surface area contributed by atoms with Crippen LogP contribution in [0.2, 0.25) is 0 Å². The van der Waals surface area contributed by atoms with Gasteiger partial charge in [0.25, 0.3) is 0 Å². The number of carbonyl (C=O) groups excluding carboxylic acids is 1. The number of nitriles is 1. The Morgan fingerprint density at radius 2 is 1.96 bits per heavy atom. The van der Waals surface area contributed by atoms with Crippen LogP contribution < -0.4 is 10.2 Å². The molecule has 7 nitrogen and oxygen atoms in total. The van der Waals surface area contributed by atoms with Crippen molar-refractivity contribution in [2.24, 2.45) is 5.92 Å². The summed E-state index contributed by atoms with van der Waals surface area (Å²) in [7, 11) is 0. The molecule has 0 saturated carbocycles. The molecule has 1 aliphatic heterocycles. The number of hydrogen-bond acceptors (Lipinski definition) is 5. The Kier molecular flexibility index (Phi) is 5.03. The minimum atomic E-state index is -1.15. The number of anilines is 2. The van der Waals surface area contributed by atoms with E-state index in [0.717, 1.165) is 6.07 Å². The van der Waals surface area contributed by atoms with Crippen molar-refractivity contribution in [3.63, 3.8) is 0 Å². The number of carboxylic acids is 1. The summed E-state index contributed by atoms with van der Waals surface area (Å²) in [6, 6.07) is 9.45. The molecule has 1 aliphatic rings. The maximum atomic E-state index is 14.0. The zero-order valence-electron chi connectivity index (χ0n) is 15.2. The third kappa shape index (κ3) is 3.28. The molecular formula is C20H18FN3O4. The number of aromatic carboxylic acids is 1. The summed E-state index contributed by atoms with van der Waals surface area (Å²) in [6.45, 7) is 3.02. The smallest absolute Gasteiger partial charge is 0.335 e. The highest BCUT2D eigenvalue weighted by Crippen LogP contribution is 2.42. The Morgan fingerprint density at radius 3 is 2.54 bits per heavy atom. The third-order valence-electron chi connectivity index (χ3n) is 4.88. The van der Waals surface area contributed by atoms with Gasteiger partial charge in [0.15, 0.2) is 0 Å². The summed E-state index contributed by atoms with van der Waals surface area (Å²) in [6.07, 6.45) is -1.15. The van der Waals surface area contributed by atoms with E-state index in [0.29, 0.717) is 16.9 Å². The van der Waals surface area contributed by atoms with Crippen molar-refractivity contribution in [3.05, 3.63) is 58.9 Å². The highest BCUT2D eigenvalue weighted by atomic mass is 19.1. The molecule has 3 rings (SSSR count). The lowest BCUT2D eigenvalue weighted by Crippen LogP contribution is -2.50. The molecule has 1 heterocycles. The average molecular weight is 383 g/mol. The molecule has 3 N–H and O–H groups in total. The van der Waals surface area contributed by atoms with Crippen molar-refractivity contribution in [3.8, 4) is 6.07 Å². The van der Waals surface area contributed by atoms with Crippen LogP contribution in [0.3, 0.4) is 0 Å². The Hall–Kier alpha value is -3.44. The lowest BCUT2D eigenvalue weighted by Gasteiger charge is -2.43. The predicted octanol–water partition coefficient (Wildman–Crippen LogP) is 2.87. The fraction of sp³-hybridized carbons (Fsp3) is 0.250. The van der Waals surface area contributed by atoms with E-state index >= 15 is 0 Å². The van der Waals surface area contributed by atoms with E-state index in [4.69, 9.17) is 5.26 Å². The summed E-state index contributed by atoms with van der Waals surface area (Å²) >= 11 is 0. The van der Waals surface area contributed by atoms with Crippen LogP contribution >= 0.6 is 0 Å². The fourth-order valence-electron chi connectivity index (χ4n) is 3.43. The van der Waals surface area contributed by atoms with Gasteiger partial charge in [-0.05, 0) is 42.0 Å². The zero-order valence-corrected chi connectivity index (χ0v) is 15.2. The van der Waals surface area contributed by atoms with E-state index in [1.807, 2.05) is 0 Å². The first-order valence-electron chi connectivity index (χ1n) is 8.56. The molecule has 0 radical (unpaired) electrons. The van der Waals surface area contributed by atoms with Crippen molar-refractivity contribution in [2.45, 2.75) is 26.1 Å². The van der Waals surface area contributed by atoms with Crippen LogP contribution in [0.15, 0.2) is 36.4 Å². The SMILES string of the molecule is CC(=O)N1c2ccc(C(=O)O)cc2[C@H](Nc2ccc(C#N)c(F)c2)[C@@H](C)[C@@H]1O. The maximum Gasteiger partial charge on any atom is 0.335 e. The zero-order chi connectivity index (χ0) is 20.6. The first-order valence-corrected chi connectivity index (χ1v) is 8.56. The second-order valence-electron chi connectivity index (χ2n) is 6.67. The molecule has 0 spiro atoms. The number of rotatable bonds is 3. The minimum Gasteiger partial charge on any atom is -0.478 e. The molecular weight excluding hydrogens is 365 g/mol. The van der Waals surface area contributed by atoms with E-state index in [2.05, 4.69) is 5.32 Å². The van der Waals surface area contributed by atoms with E-state index in [1.165, 1.54) is 42.2 Å². The number of nitrogens with zero attached hydrogens (tertiary/aromatic N) is 2. The van der Waals surface area contributed by atoms with Crippen LogP contribution in [0.4, 0.5) is 15.8 Å². The van der Waals surface area contributed by atoms with E-state index < -0.39 is 30.0 Å². The van der Waals surface area contributed by atoms with Gasteiger partial charge < -0.3 is 15.5 Å². The Bertz CT molecular complexity index is 1000. The van der Waals surface area contributed by atoms with Crippen LogP contribution in [0.25, 0.3) is 0 Å². The van der Waals surface area contributed by atoms with Gasteiger partial charge in [-0.1, -0.05) is 6.92 Å². The number of hydrogen-bond donors (Lipinski definition) is 3. The first-order chi connectivity index (χ1) is 13.2. The fourth-order valence-corrected chi connectivity index (χ4v) is 3.43. The highest BCUT2D eigenvalue weighted by Gasteiger charge is 2.40. The molecule has 144 valence electrons. The number of benzene rings is 2. The molecule has 1 amide bonds. The lowest BCUT2D eigenvalue weighted by atomic mass is 9.85. The largest absolute Gasteiger partial charge is 0.478 e. The lowest BCUT2D eigenvalue weighted by molar-refractivity contribution is -0.119. The minimum absolute atomic E-state index is 0.0312. The predicted molar refractivity (Wildman–Crippen MR) is 99.2 cm³/mol. The number of aliphatic hydroxyl groups excluding tert-OH is 1. The van der Waals surface area contributed by atoms with Crippen LogP contribution in [-0.2, 0) is 4.79 Å². The van der Waals surface area contributed by atoms with Crippen LogP contribution in [0.5, 0.6) is 0 Å². The van der Waals surface area contributed by atoms with Crippen LogP contribution in [-0.4, -0.2) is 28.3 Å². The number of halogens is 1. The summed E-state index contributed by atoms with van der Waals surface area (Å²) in [5.74, 6) is -2.73. The molecule has 0 aliphatic carbocycles. The van der Waals surface area contributed by atoms with Gasteiger partial charge in [-0.15, -0.1) is 0 Å². The molecule has 8 heteroatoms. The van der Waals surface area contributed by atoms with Gasteiger partial charge in [0, 0.05) is 18.5 Å². The average Bonchev–Trinajstić information content (AvgIpc) is 2.65. The van der Waals surface area contributed by atoms with Gasteiger partial charge in [0.1, 0.15) is 18.1 Å². The van der Waals surface area contributed by atoms with Crippen LogP contribution in [0, 0.1) is 23.1 Å². The normalized spacial score (nSPS) is 20.8. The Morgan fingerprint density at radius 1 is 1.25 bits per heavy atom.